The van der Waals surface area contributed by atoms with Crippen molar-refractivity contribution < 1.29 is 14.3 Å². The van der Waals surface area contributed by atoms with Crippen LogP contribution in [0.1, 0.15) is 28.4 Å². The van der Waals surface area contributed by atoms with E-state index in [0.717, 1.165) is 38.4 Å². The first kappa shape index (κ1) is 17.8. The summed E-state index contributed by atoms with van der Waals surface area (Å²) < 4.78 is 11.1. The predicted octanol–water partition coefficient (Wildman–Crippen LogP) is 2.37. The first-order chi connectivity index (χ1) is 13.2. The van der Waals surface area contributed by atoms with Gasteiger partial charge in [0.2, 0.25) is 5.88 Å². The molecule has 0 atom stereocenters. The number of amides is 1. The zero-order valence-corrected chi connectivity index (χ0v) is 15.7. The summed E-state index contributed by atoms with van der Waals surface area (Å²) in [4.78, 5) is 21.3. The smallest absolute Gasteiger partial charge is 0.259 e. The van der Waals surface area contributed by atoms with Crippen LogP contribution in [-0.4, -0.2) is 60.1 Å². The van der Waals surface area contributed by atoms with E-state index in [1.54, 1.807) is 18.3 Å². The number of pyridine rings is 1. The van der Waals surface area contributed by atoms with Gasteiger partial charge in [-0.05, 0) is 36.2 Å². The molecule has 27 heavy (non-hydrogen) atoms. The molecule has 2 aromatic rings. The molecule has 6 heteroatoms. The van der Waals surface area contributed by atoms with Crippen LogP contribution >= 0.6 is 0 Å². The second-order valence-corrected chi connectivity index (χ2v) is 6.90. The molecule has 6 nitrogen and oxygen atoms in total. The quantitative estimate of drug-likeness (QED) is 0.812. The van der Waals surface area contributed by atoms with Gasteiger partial charge in [0.25, 0.3) is 5.91 Å². The summed E-state index contributed by atoms with van der Waals surface area (Å²) in [6.07, 6.45) is 2.65. The molecule has 3 heterocycles. The van der Waals surface area contributed by atoms with Crippen LogP contribution in [0.25, 0.3) is 0 Å². The molecule has 1 fully saturated rings. The van der Waals surface area contributed by atoms with Gasteiger partial charge in [0.1, 0.15) is 11.3 Å². The molecule has 0 N–H and O–H groups in total. The number of hydrogen-bond acceptors (Lipinski definition) is 5. The number of aromatic nitrogens is 1. The molecule has 142 valence electrons. The van der Waals surface area contributed by atoms with E-state index < -0.39 is 0 Å². The van der Waals surface area contributed by atoms with Crippen LogP contribution in [0.3, 0.4) is 0 Å². The number of hydrogen-bond donors (Lipinski definition) is 0. The van der Waals surface area contributed by atoms with Crippen molar-refractivity contribution in [3.63, 3.8) is 0 Å². The molecule has 1 amide bonds. The van der Waals surface area contributed by atoms with E-state index in [1.807, 2.05) is 11.8 Å². The molecule has 1 aromatic carbocycles. The molecule has 0 radical (unpaired) electrons. The van der Waals surface area contributed by atoms with Gasteiger partial charge in [0, 0.05) is 45.3 Å². The van der Waals surface area contributed by atoms with Gasteiger partial charge in [-0.2, -0.15) is 0 Å². The van der Waals surface area contributed by atoms with Gasteiger partial charge in [-0.15, -0.1) is 0 Å². The molecular formula is C21H25N3O3. The average molecular weight is 367 g/mol. The van der Waals surface area contributed by atoms with Crippen molar-refractivity contribution in [3.05, 3.63) is 53.2 Å². The number of ether oxygens (including phenoxy) is 2. The van der Waals surface area contributed by atoms with Crippen LogP contribution in [0.2, 0.25) is 0 Å². The largest absolute Gasteiger partial charge is 0.493 e. The first-order valence-corrected chi connectivity index (χ1v) is 9.58. The normalized spacial score (nSPS) is 16.7. The molecule has 4 rings (SSSR count). The molecule has 2 aliphatic rings. The molecule has 0 unspecified atom stereocenters. The Labute approximate surface area is 159 Å². The van der Waals surface area contributed by atoms with Crippen molar-refractivity contribution in [1.82, 2.24) is 14.8 Å². The van der Waals surface area contributed by atoms with E-state index in [-0.39, 0.29) is 5.91 Å². The van der Waals surface area contributed by atoms with Crippen LogP contribution < -0.4 is 9.47 Å². The van der Waals surface area contributed by atoms with E-state index in [1.165, 1.54) is 11.1 Å². The van der Waals surface area contributed by atoms with Gasteiger partial charge < -0.3 is 14.4 Å². The Morgan fingerprint density at radius 2 is 2.07 bits per heavy atom. The van der Waals surface area contributed by atoms with Crippen molar-refractivity contribution in [3.8, 4) is 11.6 Å². The Kier molecular flexibility index (Phi) is 5.25. The maximum absolute atomic E-state index is 12.9. The Morgan fingerprint density at radius 1 is 1.22 bits per heavy atom. The number of rotatable bonds is 5. The molecule has 0 saturated carbocycles. The fourth-order valence-corrected chi connectivity index (χ4v) is 3.68. The third kappa shape index (κ3) is 3.90. The summed E-state index contributed by atoms with van der Waals surface area (Å²) >= 11 is 0. The lowest BCUT2D eigenvalue weighted by Crippen LogP contribution is -2.48. The zero-order valence-electron chi connectivity index (χ0n) is 15.7. The SMILES string of the molecule is CCOc1ncccc1C(=O)N1CCN(Cc2ccc3c(c2)CCO3)CC1. The van der Waals surface area contributed by atoms with Crippen LogP contribution in [0.15, 0.2) is 36.5 Å². The number of fused-ring (bicyclic) bond motifs is 1. The van der Waals surface area contributed by atoms with E-state index >= 15 is 0 Å². The summed E-state index contributed by atoms with van der Waals surface area (Å²) in [6.45, 7) is 7.25. The predicted molar refractivity (Wildman–Crippen MR) is 102 cm³/mol. The first-order valence-electron chi connectivity index (χ1n) is 9.58. The Hall–Kier alpha value is -2.60. The van der Waals surface area contributed by atoms with Crippen molar-refractivity contribution >= 4 is 5.91 Å². The second kappa shape index (κ2) is 7.96. The number of nitrogens with zero attached hydrogens (tertiary/aromatic N) is 3. The highest BCUT2D eigenvalue weighted by Crippen LogP contribution is 2.26. The lowest BCUT2D eigenvalue weighted by Gasteiger charge is -2.35. The summed E-state index contributed by atoms with van der Waals surface area (Å²) in [5.74, 6) is 1.45. The summed E-state index contributed by atoms with van der Waals surface area (Å²) in [5, 5.41) is 0. The Bertz CT molecular complexity index is 816. The molecular weight excluding hydrogens is 342 g/mol. The number of benzene rings is 1. The third-order valence-corrected chi connectivity index (χ3v) is 5.10. The van der Waals surface area contributed by atoms with Crippen LogP contribution in [0.5, 0.6) is 11.6 Å². The number of carbonyl (C=O) groups excluding carboxylic acids is 1. The van der Waals surface area contributed by atoms with E-state index in [0.29, 0.717) is 31.1 Å². The number of carbonyl (C=O) groups is 1. The molecule has 0 bridgehead atoms. The van der Waals surface area contributed by atoms with Gasteiger partial charge in [-0.25, -0.2) is 4.98 Å². The van der Waals surface area contributed by atoms with Crippen LogP contribution in [0.4, 0.5) is 0 Å². The van der Waals surface area contributed by atoms with Gasteiger partial charge in [0.15, 0.2) is 0 Å². The van der Waals surface area contributed by atoms with Crippen molar-refractivity contribution in [2.45, 2.75) is 19.9 Å². The van der Waals surface area contributed by atoms with Crippen LogP contribution in [-0.2, 0) is 13.0 Å². The number of piperazine rings is 1. The van der Waals surface area contributed by atoms with Gasteiger partial charge >= 0.3 is 0 Å². The van der Waals surface area contributed by atoms with E-state index in [9.17, 15) is 4.79 Å². The summed E-state index contributed by atoms with van der Waals surface area (Å²) in [5.41, 5.74) is 3.16. The van der Waals surface area contributed by atoms with Crippen molar-refractivity contribution in [2.75, 3.05) is 39.4 Å². The Balaban J connectivity index is 1.35. The third-order valence-electron chi connectivity index (χ3n) is 5.10. The minimum absolute atomic E-state index is 0.000814. The van der Waals surface area contributed by atoms with Gasteiger partial charge in [0.05, 0.1) is 13.2 Å². The zero-order chi connectivity index (χ0) is 18.6. The van der Waals surface area contributed by atoms with E-state index in [4.69, 9.17) is 9.47 Å². The maximum Gasteiger partial charge on any atom is 0.259 e. The van der Waals surface area contributed by atoms with Crippen LogP contribution in [0, 0.1) is 0 Å². The van der Waals surface area contributed by atoms with Crippen molar-refractivity contribution in [1.29, 1.82) is 0 Å². The Morgan fingerprint density at radius 3 is 2.89 bits per heavy atom. The van der Waals surface area contributed by atoms with Gasteiger partial charge in [-0.1, -0.05) is 12.1 Å². The molecule has 1 aromatic heterocycles. The molecule has 1 saturated heterocycles. The average Bonchev–Trinajstić information content (AvgIpc) is 3.17. The van der Waals surface area contributed by atoms with Gasteiger partial charge in [-0.3, -0.25) is 9.69 Å². The highest BCUT2D eigenvalue weighted by Gasteiger charge is 2.25. The summed E-state index contributed by atoms with van der Waals surface area (Å²) in [6, 6.07) is 10.0. The summed E-state index contributed by atoms with van der Waals surface area (Å²) in [7, 11) is 0. The fraction of sp³-hybridized carbons (Fsp3) is 0.429. The topological polar surface area (TPSA) is 54.9 Å². The van der Waals surface area contributed by atoms with E-state index in [2.05, 4.69) is 28.1 Å². The van der Waals surface area contributed by atoms with Crippen molar-refractivity contribution in [2.24, 2.45) is 0 Å². The minimum Gasteiger partial charge on any atom is -0.493 e. The molecule has 0 spiro atoms. The maximum atomic E-state index is 12.9. The highest BCUT2D eigenvalue weighted by molar-refractivity contribution is 5.96. The molecule has 0 aliphatic carbocycles. The lowest BCUT2D eigenvalue weighted by molar-refractivity contribution is 0.0623. The highest BCUT2D eigenvalue weighted by atomic mass is 16.5. The standard InChI is InChI=1S/C21H25N3O3/c1-2-26-20-18(4-3-8-22-20)21(25)24-11-9-23(10-12-24)15-16-5-6-19-17(14-16)7-13-27-19/h3-6,8,14H,2,7,9-13,15H2,1H3. The fourth-order valence-electron chi connectivity index (χ4n) is 3.68. The minimum atomic E-state index is 0.000814. The molecule has 2 aliphatic heterocycles. The second-order valence-electron chi connectivity index (χ2n) is 6.90. The monoisotopic (exact) mass is 367 g/mol. The lowest BCUT2D eigenvalue weighted by atomic mass is 10.1.